The van der Waals surface area contributed by atoms with E-state index in [2.05, 4.69) is 229 Å². The summed E-state index contributed by atoms with van der Waals surface area (Å²) in [5.41, 5.74) is 19.5. The third-order valence-corrected chi connectivity index (χ3v) is 12.2. The van der Waals surface area contributed by atoms with Gasteiger partial charge in [-0.1, -0.05) is 184 Å². The van der Waals surface area contributed by atoms with Crippen LogP contribution in [0.1, 0.15) is 25.0 Å². The van der Waals surface area contributed by atoms with E-state index < -0.39 is 0 Å². The highest BCUT2D eigenvalue weighted by Crippen LogP contribution is 2.53. The van der Waals surface area contributed by atoms with Gasteiger partial charge in [0.15, 0.2) is 0 Å². The Kier molecular flexibility index (Phi) is 7.55. The van der Waals surface area contributed by atoms with Crippen molar-refractivity contribution >= 4 is 21.8 Å². The fourth-order valence-corrected chi connectivity index (χ4v) is 9.52. The van der Waals surface area contributed by atoms with Crippen molar-refractivity contribution in [3.63, 3.8) is 0 Å². The molecule has 1 aliphatic rings. The highest BCUT2D eigenvalue weighted by atomic mass is 15.0. The number of fused-ring (bicyclic) bond motifs is 5. The Bertz CT molecular complexity index is 3110. The molecule has 1 aliphatic carbocycles. The van der Waals surface area contributed by atoms with Gasteiger partial charge in [0.05, 0.1) is 22.4 Å². The highest BCUT2D eigenvalue weighted by Gasteiger charge is 2.36. The van der Waals surface area contributed by atoms with E-state index in [9.17, 15) is 0 Å². The summed E-state index contributed by atoms with van der Waals surface area (Å²) in [5.74, 6) is 0. The molecular formula is C55H40N2. The lowest BCUT2D eigenvalue weighted by molar-refractivity contribution is 0.660. The Morgan fingerprint density at radius 2 is 0.772 bits per heavy atom. The van der Waals surface area contributed by atoms with Gasteiger partial charge in [-0.05, 0) is 80.9 Å². The number of rotatable bonds is 6. The third-order valence-electron chi connectivity index (χ3n) is 12.2. The molecule has 0 amide bonds. The van der Waals surface area contributed by atoms with Gasteiger partial charge in [0, 0.05) is 38.7 Å². The minimum atomic E-state index is -0.130. The normalized spacial score (nSPS) is 12.9. The summed E-state index contributed by atoms with van der Waals surface area (Å²) in [7, 11) is 0. The van der Waals surface area contributed by atoms with Gasteiger partial charge in [-0.3, -0.25) is 0 Å². The van der Waals surface area contributed by atoms with Crippen LogP contribution in [0, 0.1) is 0 Å². The SMILES string of the molecule is CC1(C)c2ccccc2-c2ccc(-n3c(-c4ccc(-c5ccccc5)cc4)c(-c4c(-c5ccccc5)n(-c5ccccc5)c5ccccc45)c4ccccc43)cc21. The van der Waals surface area contributed by atoms with Crippen LogP contribution in [0.5, 0.6) is 0 Å². The standard InChI is InChI=1S/C55H40N2/c1-55(2)47-27-15-12-24-43(47)44-35-34-42(36-48(44)55)57-50-29-17-14-26-46(50)52(54(57)40-32-30-38(31-33-40)37-18-6-3-7-19-37)51-45-25-13-16-28-49(45)56(41-22-10-5-11-23-41)53(51)39-20-8-4-9-21-39/h3-36H,1-2H3. The molecule has 0 fully saturated rings. The van der Waals surface area contributed by atoms with Crippen LogP contribution in [0.4, 0.5) is 0 Å². The molecule has 0 atom stereocenters. The molecule has 10 aromatic rings. The molecule has 0 N–H and O–H groups in total. The lowest BCUT2D eigenvalue weighted by Crippen LogP contribution is -2.15. The van der Waals surface area contributed by atoms with E-state index in [0.717, 1.165) is 11.4 Å². The van der Waals surface area contributed by atoms with E-state index in [1.54, 1.807) is 0 Å². The predicted molar refractivity (Wildman–Crippen MR) is 239 cm³/mol. The van der Waals surface area contributed by atoms with Gasteiger partial charge >= 0.3 is 0 Å². The fourth-order valence-electron chi connectivity index (χ4n) is 9.52. The molecule has 0 bridgehead atoms. The summed E-state index contributed by atoms with van der Waals surface area (Å²) in [6, 6.07) is 75.6. The van der Waals surface area contributed by atoms with E-state index in [-0.39, 0.29) is 5.41 Å². The molecule has 0 spiro atoms. The molecule has 8 aromatic carbocycles. The molecule has 2 heterocycles. The van der Waals surface area contributed by atoms with Crippen molar-refractivity contribution in [1.29, 1.82) is 0 Å². The smallest absolute Gasteiger partial charge is 0.0620 e. The molecule has 0 saturated heterocycles. The first-order valence-electron chi connectivity index (χ1n) is 19.9. The Morgan fingerprint density at radius 1 is 0.333 bits per heavy atom. The van der Waals surface area contributed by atoms with Gasteiger partial charge in [-0.2, -0.15) is 0 Å². The summed E-state index contributed by atoms with van der Waals surface area (Å²) in [4.78, 5) is 0. The topological polar surface area (TPSA) is 9.86 Å². The van der Waals surface area contributed by atoms with Gasteiger partial charge in [-0.25, -0.2) is 0 Å². The van der Waals surface area contributed by atoms with E-state index in [0.29, 0.717) is 0 Å². The minimum Gasteiger partial charge on any atom is -0.309 e. The molecule has 270 valence electrons. The Morgan fingerprint density at radius 3 is 1.40 bits per heavy atom. The lowest BCUT2D eigenvalue weighted by atomic mass is 9.82. The van der Waals surface area contributed by atoms with Gasteiger partial charge in [0.1, 0.15) is 0 Å². The van der Waals surface area contributed by atoms with Gasteiger partial charge in [0.2, 0.25) is 0 Å². The number of aromatic nitrogens is 2. The number of hydrogen-bond acceptors (Lipinski definition) is 0. The summed E-state index contributed by atoms with van der Waals surface area (Å²) >= 11 is 0. The van der Waals surface area contributed by atoms with Gasteiger partial charge < -0.3 is 9.13 Å². The number of para-hydroxylation sites is 3. The summed E-state index contributed by atoms with van der Waals surface area (Å²) in [6.45, 7) is 4.74. The van der Waals surface area contributed by atoms with E-state index in [1.807, 2.05) is 0 Å². The second-order valence-corrected chi connectivity index (χ2v) is 15.7. The van der Waals surface area contributed by atoms with E-state index in [4.69, 9.17) is 0 Å². The molecule has 2 aromatic heterocycles. The van der Waals surface area contributed by atoms with Crippen LogP contribution < -0.4 is 0 Å². The average molecular weight is 729 g/mol. The van der Waals surface area contributed by atoms with Gasteiger partial charge in [-0.15, -0.1) is 0 Å². The molecule has 0 aliphatic heterocycles. The van der Waals surface area contributed by atoms with E-state index >= 15 is 0 Å². The zero-order valence-corrected chi connectivity index (χ0v) is 32.0. The van der Waals surface area contributed by atoms with Crippen LogP contribution in [0.2, 0.25) is 0 Å². The first kappa shape index (κ1) is 33.2. The number of hydrogen-bond donors (Lipinski definition) is 0. The van der Waals surface area contributed by atoms with Crippen LogP contribution in [0.3, 0.4) is 0 Å². The monoisotopic (exact) mass is 728 g/mol. The maximum Gasteiger partial charge on any atom is 0.0620 e. The molecular weight excluding hydrogens is 689 g/mol. The number of benzene rings is 8. The lowest BCUT2D eigenvalue weighted by Gasteiger charge is -2.23. The molecule has 2 heteroatoms. The second kappa shape index (κ2) is 13.0. The Balaban J connectivity index is 1.28. The highest BCUT2D eigenvalue weighted by molar-refractivity contribution is 6.16. The van der Waals surface area contributed by atoms with Crippen molar-refractivity contribution < 1.29 is 0 Å². The molecule has 0 unspecified atom stereocenters. The quantitative estimate of drug-likeness (QED) is 0.161. The zero-order valence-electron chi connectivity index (χ0n) is 32.0. The van der Waals surface area contributed by atoms with E-state index in [1.165, 1.54) is 88.8 Å². The summed E-state index contributed by atoms with van der Waals surface area (Å²) in [6.07, 6.45) is 0. The predicted octanol–water partition coefficient (Wildman–Crippen LogP) is 14.5. The van der Waals surface area contributed by atoms with Crippen molar-refractivity contribution in [3.05, 3.63) is 217 Å². The molecule has 11 rings (SSSR count). The maximum absolute atomic E-state index is 2.53. The average Bonchev–Trinajstić information content (AvgIpc) is 3.88. The van der Waals surface area contributed by atoms with Crippen LogP contribution in [-0.2, 0) is 5.41 Å². The van der Waals surface area contributed by atoms with Crippen LogP contribution in [0.25, 0.3) is 89.1 Å². The van der Waals surface area contributed by atoms with Crippen LogP contribution in [0.15, 0.2) is 206 Å². The molecule has 2 nitrogen and oxygen atoms in total. The Hall–Kier alpha value is -7.16. The fraction of sp³-hybridized carbons (Fsp3) is 0.0545. The summed E-state index contributed by atoms with van der Waals surface area (Å²) < 4.78 is 4.99. The van der Waals surface area contributed by atoms with Crippen molar-refractivity contribution in [3.8, 4) is 67.3 Å². The molecule has 57 heavy (non-hydrogen) atoms. The van der Waals surface area contributed by atoms with Gasteiger partial charge in [0.25, 0.3) is 0 Å². The first-order valence-corrected chi connectivity index (χ1v) is 19.9. The minimum absolute atomic E-state index is 0.130. The van der Waals surface area contributed by atoms with Crippen LogP contribution >= 0.6 is 0 Å². The van der Waals surface area contributed by atoms with Crippen molar-refractivity contribution in [2.75, 3.05) is 0 Å². The molecule has 0 radical (unpaired) electrons. The number of nitrogens with zero attached hydrogens (tertiary/aromatic N) is 2. The third kappa shape index (κ3) is 5.11. The largest absolute Gasteiger partial charge is 0.309 e. The Labute approximate surface area is 333 Å². The van der Waals surface area contributed by atoms with Crippen LogP contribution in [-0.4, -0.2) is 9.13 Å². The zero-order chi connectivity index (χ0) is 38.1. The molecule has 0 saturated carbocycles. The first-order chi connectivity index (χ1) is 28.1. The van der Waals surface area contributed by atoms with Crippen molar-refractivity contribution in [2.24, 2.45) is 0 Å². The van der Waals surface area contributed by atoms with Crippen molar-refractivity contribution in [2.45, 2.75) is 19.3 Å². The maximum atomic E-state index is 2.53. The second-order valence-electron chi connectivity index (χ2n) is 15.7. The summed E-state index contributed by atoms with van der Waals surface area (Å²) in [5, 5.41) is 2.44. The van der Waals surface area contributed by atoms with Crippen molar-refractivity contribution in [1.82, 2.24) is 9.13 Å².